The smallest absolute Gasteiger partial charge is 0.256 e. The van der Waals surface area contributed by atoms with E-state index in [0.717, 1.165) is 11.3 Å². The summed E-state index contributed by atoms with van der Waals surface area (Å²) in [5, 5.41) is 2.84. The summed E-state index contributed by atoms with van der Waals surface area (Å²) in [4.78, 5) is 26.9. The van der Waals surface area contributed by atoms with Crippen LogP contribution in [0.25, 0.3) is 0 Å². The lowest BCUT2D eigenvalue weighted by atomic mass is 10.1. The molecule has 6 nitrogen and oxygen atoms in total. The molecule has 1 fully saturated rings. The van der Waals surface area contributed by atoms with Crippen molar-refractivity contribution in [3.8, 4) is 5.75 Å². The summed E-state index contributed by atoms with van der Waals surface area (Å²) in [6.07, 6.45) is 0.202. The Bertz CT molecular complexity index is 844. The van der Waals surface area contributed by atoms with Crippen molar-refractivity contribution in [3.63, 3.8) is 0 Å². The zero-order valence-corrected chi connectivity index (χ0v) is 16.4. The third-order valence-electron chi connectivity index (χ3n) is 4.65. The van der Waals surface area contributed by atoms with Crippen LogP contribution < -0.4 is 10.1 Å². The van der Waals surface area contributed by atoms with Gasteiger partial charge in [0.15, 0.2) is 0 Å². The van der Waals surface area contributed by atoms with E-state index < -0.39 is 0 Å². The van der Waals surface area contributed by atoms with E-state index in [1.54, 1.807) is 29.2 Å². The van der Waals surface area contributed by atoms with Gasteiger partial charge in [-0.25, -0.2) is 0 Å². The fourth-order valence-electron chi connectivity index (χ4n) is 3.14. The Labute approximate surface area is 165 Å². The van der Waals surface area contributed by atoms with Crippen LogP contribution in [-0.2, 0) is 9.53 Å². The van der Waals surface area contributed by atoms with Crippen LogP contribution in [0.2, 0.25) is 0 Å². The topological polar surface area (TPSA) is 67.9 Å². The zero-order chi connectivity index (χ0) is 19.9. The number of amides is 2. The SMILES string of the molecule is Cc1ccc(OCCC(=O)Nc2ccccc2C(=O)N2CCOCC2)c(C)c1. The van der Waals surface area contributed by atoms with Crippen LogP contribution >= 0.6 is 0 Å². The second-order valence-corrected chi connectivity index (χ2v) is 6.87. The number of ether oxygens (including phenoxy) is 2. The molecule has 2 aromatic rings. The summed E-state index contributed by atoms with van der Waals surface area (Å²) in [5.41, 5.74) is 3.23. The fourth-order valence-corrected chi connectivity index (χ4v) is 3.14. The largest absolute Gasteiger partial charge is 0.493 e. The number of carbonyl (C=O) groups excluding carboxylic acids is 2. The second-order valence-electron chi connectivity index (χ2n) is 6.87. The highest BCUT2D eigenvalue weighted by Gasteiger charge is 2.21. The van der Waals surface area contributed by atoms with Crippen LogP contribution in [0.15, 0.2) is 42.5 Å². The number of carbonyl (C=O) groups is 2. The van der Waals surface area contributed by atoms with Gasteiger partial charge < -0.3 is 19.7 Å². The normalized spacial score (nSPS) is 13.9. The van der Waals surface area contributed by atoms with Crippen LogP contribution in [-0.4, -0.2) is 49.6 Å². The number of rotatable bonds is 6. The second kappa shape index (κ2) is 9.37. The van der Waals surface area contributed by atoms with Crippen LogP contribution in [0.1, 0.15) is 27.9 Å². The quantitative estimate of drug-likeness (QED) is 0.833. The van der Waals surface area contributed by atoms with Crippen molar-refractivity contribution in [1.29, 1.82) is 0 Å². The molecule has 0 aromatic heterocycles. The molecule has 0 aliphatic carbocycles. The molecule has 148 valence electrons. The monoisotopic (exact) mass is 382 g/mol. The minimum Gasteiger partial charge on any atom is -0.493 e. The number of hydrogen-bond donors (Lipinski definition) is 1. The van der Waals surface area contributed by atoms with E-state index >= 15 is 0 Å². The van der Waals surface area contributed by atoms with Crippen molar-refractivity contribution in [3.05, 3.63) is 59.2 Å². The first kappa shape index (κ1) is 19.9. The van der Waals surface area contributed by atoms with Crippen LogP contribution in [0, 0.1) is 13.8 Å². The number of nitrogens with zero attached hydrogens (tertiary/aromatic N) is 1. The van der Waals surface area contributed by atoms with E-state index in [9.17, 15) is 9.59 Å². The third-order valence-corrected chi connectivity index (χ3v) is 4.65. The van der Waals surface area contributed by atoms with Gasteiger partial charge in [0.1, 0.15) is 5.75 Å². The summed E-state index contributed by atoms with van der Waals surface area (Å²) < 4.78 is 11.0. The summed E-state index contributed by atoms with van der Waals surface area (Å²) in [5.74, 6) is 0.499. The Morgan fingerprint density at radius 1 is 1.11 bits per heavy atom. The van der Waals surface area contributed by atoms with Crippen LogP contribution in [0.4, 0.5) is 5.69 Å². The number of morpholine rings is 1. The molecule has 2 aromatic carbocycles. The highest BCUT2D eigenvalue weighted by molar-refractivity contribution is 6.03. The average Bonchev–Trinajstić information content (AvgIpc) is 2.70. The Kier molecular flexibility index (Phi) is 6.66. The van der Waals surface area contributed by atoms with E-state index in [2.05, 4.69) is 5.32 Å². The summed E-state index contributed by atoms with van der Waals surface area (Å²) in [6, 6.07) is 13.0. The number of nitrogens with one attached hydrogen (secondary N) is 1. The molecule has 1 N–H and O–H groups in total. The Hall–Kier alpha value is -2.86. The summed E-state index contributed by atoms with van der Waals surface area (Å²) in [6.45, 7) is 6.48. The number of hydrogen-bond acceptors (Lipinski definition) is 4. The predicted octanol–water partition coefficient (Wildman–Crippen LogP) is 3.18. The lowest BCUT2D eigenvalue weighted by molar-refractivity contribution is -0.116. The molecule has 2 amide bonds. The summed E-state index contributed by atoms with van der Waals surface area (Å²) >= 11 is 0. The molecule has 0 atom stereocenters. The number of para-hydroxylation sites is 1. The van der Waals surface area contributed by atoms with Gasteiger partial charge >= 0.3 is 0 Å². The Morgan fingerprint density at radius 3 is 2.61 bits per heavy atom. The maximum Gasteiger partial charge on any atom is 0.256 e. The van der Waals surface area contributed by atoms with Gasteiger partial charge in [0, 0.05) is 13.1 Å². The molecule has 1 heterocycles. The van der Waals surface area contributed by atoms with Crippen LogP contribution in [0.3, 0.4) is 0 Å². The first-order valence-electron chi connectivity index (χ1n) is 9.50. The maximum atomic E-state index is 12.8. The van der Waals surface area contributed by atoms with Gasteiger partial charge in [-0.3, -0.25) is 9.59 Å². The van der Waals surface area contributed by atoms with E-state index in [0.29, 0.717) is 37.6 Å². The highest BCUT2D eigenvalue weighted by Crippen LogP contribution is 2.20. The highest BCUT2D eigenvalue weighted by atomic mass is 16.5. The van der Waals surface area contributed by atoms with Crippen molar-refractivity contribution in [2.24, 2.45) is 0 Å². The van der Waals surface area contributed by atoms with Crippen molar-refractivity contribution >= 4 is 17.5 Å². The van der Waals surface area contributed by atoms with Gasteiger partial charge in [0.05, 0.1) is 37.5 Å². The molecule has 0 saturated carbocycles. The third kappa shape index (κ3) is 5.10. The van der Waals surface area contributed by atoms with Gasteiger partial charge in [0.2, 0.25) is 5.91 Å². The maximum absolute atomic E-state index is 12.8. The van der Waals surface area contributed by atoms with Crippen molar-refractivity contribution in [2.75, 3.05) is 38.2 Å². The van der Waals surface area contributed by atoms with Gasteiger partial charge in [0.25, 0.3) is 5.91 Å². The number of benzene rings is 2. The zero-order valence-electron chi connectivity index (χ0n) is 16.4. The fraction of sp³-hybridized carbons (Fsp3) is 0.364. The standard InChI is InChI=1S/C22H26N2O4/c1-16-7-8-20(17(2)15-16)28-12-9-21(25)23-19-6-4-3-5-18(19)22(26)24-10-13-27-14-11-24/h3-8,15H,9-14H2,1-2H3,(H,23,25). The molecular weight excluding hydrogens is 356 g/mol. The Morgan fingerprint density at radius 2 is 1.86 bits per heavy atom. The van der Waals surface area contributed by atoms with E-state index in [4.69, 9.17) is 9.47 Å². The lowest BCUT2D eigenvalue weighted by Crippen LogP contribution is -2.41. The van der Waals surface area contributed by atoms with Gasteiger partial charge in [-0.1, -0.05) is 29.8 Å². The van der Waals surface area contributed by atoms with Crippen molar-refractivity contribution in [1.82, 2.24) is 4.90 Å². The van der Waals surface area contributed by atoms with Gasteiger partial charge in [-0.15, -0.1) is 0 Å². The molecule has 0 radical (unpaired) electrons. The number of aryl methyl sites for hydroxylation is 2. The molecule has 6 heteroatoms. The van der Waals surface area contributed by atoms with E-state index in [-0.39, 0.29) is 24.8 Å². The van der Waals surface area contributed by atoms with Crippen LogP contribution in [0.5, 0.6) is 5.75 Å². The summed E-state index contributed by atoms with van der Waals surface area (Å²) in [7, 11) is 0. The van der Waals surface area contributed by atoms with Crippen molar-refractivity contribution in [2.45, 2.75) is 20.3 Å². The van der Waals surface area contributed by atoms with Gasteiger partial charge in [-0.2, -0.15) is 0 Å². The number of anilines is 1. The van der Waals surface area contributed by atoms with E-state index in [1.807, 2.05) is 32.0 Å². The molecule has 1 saturated heterocycles. The molecule has 0 bridgehead atoms. The first-order valence-corrected chi connectivity index (χ1v) is 9.50. The molecular formula is C22H26N2O4. The molecule has 3 rings (SSSR count). The molecule has 1 aliphatic rings. The molecule has 1 aliphatic heterocycles. The molecule has 0 unspecified atom stereocenters. The van der Waals surface area contributed by atoms with Gasteiger partial charge in [-0.05, 0) is 37.6 Å². The predicted molar refractivity (Wildman–Crippen MR) is 108 cm³/mol. The van der Waals surface area contributed by atoms with Crippen molar-refractivity contribution < 1.29 is 19.1 Å². The Balaban J connectivity index is 1.57. The lowest BCUT2D eigenvalue weighted by Gasteiger charge is -2.27. The average molecular weight is 382 g/mol. The minimum absolute atomic E-state index is 0.0919. The first-order chi connectivity index (χ1) is 13.5. The van der Waals surface area contributed by atoms with E-state index in [1.165, 1.54) is 5.56 Å². The minimum atomic E-state index is -0.188. The molecule has 0 spiro atoms. The molecule has 28 heavy (non-hydrogen) atoms.